The van der Waals surface area contributed by atoms with Crippen LogP contribution in [0.5, 0.6) is 5.75 Å². The maximum atomic E-state index is 13.9. The van der Waals surface area contributed by atoms with Crippen molar-refractivity contribution in [2.75, 3.05) is 39.3 Å². The highest BCUT2D eigenvalue weighted by atomic mass is 35.5. The molecule has 2 saturated heterocycles. The molecule has 1 unspecified atom stereocenters. The number of likely N-dealkylation sites (tertiary alicyclic amines) is 1. The number of hydrogen-bond acceptors (Lipinski definition) is 5. The van der Waals surface area contributed by atoms with Gasteiger partial charge in [-0.05, 0) is 43.2 Å². The lowest BCUT2D eigenvalue weighted by Crippen LogP contribution is -2.64. The van der Waals surface area contributed by atoms with Crippen LogP contribution in [0.2, 0.25) is 0 Å². The minimum Gasteiger partial charge on any atom is -0.476 e. The Morgan fingerprint density at radius 2 is 1.46 bits per heavy atom. The Kier molecular flexibility index (Phi) is 9.46. The summed E-state index contributed by atoms with van der Waals surface area (Å²) in [5.41, 5.74) is -4.59. The third-order valence-electron chi connectivity index (χ3n) is 7.00. The lowest BCUT2D eigenvalue weighted by atomic mass is 9.89. The summed E-state index contributed by atoms with van der Waals surface area (Å²) in [4.78, 5) is 46.6. The predicted molar refractivity (Wildman–Crippen MR) is 135 cm³/mol. The summed E-state index contributed by atoms with van der Waals surface area (Å²) in [7, 11) is 0. The molecule has 41 heavy (non-hydrogen) atoms. The number of carbonyl (C=O) groups is 3. The van der Waals surface area contributed by atoms with E-state index in [2.05, 4.69) is 4.98 Å². The molecule has 0 saturated carbocycles. The molecule has 3 amide bonds. The van der Waals surface area contributed by atoms with Crippen molar-refractivity contribution in [1.29, 1.82) is 0 Å². The van der Waals surface area contributed by atoms with Crippen LogP contribution in [0.3, 0.4) is 0 Å². The number of halogens is 7. The first-order chi connectivity index (χ1) is 18.7. The van der Waals surface area contributed by atoms with Crippen molar-refractivity contribution in [1.82, 2.24) is 19.7 Å². The SMILES string of the molecule is CC(=O)N1CCN(C(=O)C2(Oc3ccc(C(F)(F)F)cc3)CCCN(C(=O)c3cnccc3C(F)(F)F)C2)CC1.Cl. The number of rotatable bonds is 4. The van der Waals surface area contributed by atoms with Gasteiger partial charge in [-0.25, -0.2) is 0 Å². The van der Waals surface area contributed by atoms with Gasteiger partial charge in [0.15, 0.2) is 0 Å². The van der Waals surface area contributed by atoms with Crippen molar-refractivity contribution in [3.05, 3.63) is 59.4 Å². The van der Waals surface area contributed by atoms with Crippen molar-refractivity contribution in [3.63, 3.8) is 0 Å². The van der Waals surface area contributed by atoms with Crippen LogP contribution >= 0.6 is 12.4 Å². The summed E-state index contributed by atoms with van der Waals surface area (Å²) in [6, 6.07) is 4.36. The summed E-state index contributed by atoms with van der Waals surface area (Å²) >= 11 is 0. The van der Waals surface area contributed by atoms with E-state index in [-0.39, 0.29) is 69.6 Å². The number of benzene rings is 1. The standard InChI is InChI=1S/C26H26F6N4O4.ClH/c1-17(37)34-11-13-35(14-12-34)23(39)24(40-19-5-3-18(4-6-19)25(27,28)29)8-2-10-36(16-24)22(38)20-15-33-9-7-21(20)26(30,31)32;/h3-7,9,15H,2,8,10-14,16H2,1H3;1H. The van der Waals surface area contributed by atoms with E-state index in [0.717, 1.165) is 41.6 Å². The Labute approximate surface area is 237 Å². The minimum absolute atomic E-state index is 0. The van der Waals surface area contributed by atoms with Gasteiger partial charge in [-0.1, -0.05) is 0 Å². The van der Waals surface area contributed by atoms with Gasteiger partial charge in [-0.3, -0.25) is 19.4 Å². The maximum absolute atomic E-state index is 13.9. The Morgan fingerprint density at radius 3 is 2.02 bits per heavy atom. The largest absolute Gasteiger partial charge is 0.476 e. The summed E-state index contributed by atoms with van der Waals surface area (Å²) in [5.74, 6) is -1.82. The highest BCUT2D eigenvalue weighted by Gasteiger charge is 2.49. The zero-order valence-corrected chi connectivity index (χ0v) is 22.6. The number of alkyl halides is 6. The normalized spacial score (nSPS) is 19.8. The van der Waals surface area contributed by atoms with E-state index in [4.69, 9.17) is 4.74 Å². The summed E-state index contributed by atoms with van der Waals surface area (Å²) < 4.78 is 86.1. The molecule has 0 N–H and O–H groups in total. The fourth-order valence-corrected chi connectivity index (χ4v) is 4.93. The smallest absolute Gasteiger partial charge is 0.417 e. The molecule has 1 atom stereocenters. The third-order valence-corrected chi connectivity index (χ3v) is 7.00. The lowest BCUT2D eigenvalue weighted by molar-refractivity contribution is -0.156. The molecule has 3 heterocycles. The van der Waals surface area contributed by atoms with Gasteiger partial charge in [0.1, 0.15) is 5.75 Å². The van der Waals surface area contributed by atoms with E-state index in [1.54, 1.807) is 4.90 Å². The van der Waals surface area contributed by atoms with Crippen LogP contribution in [0, 0.1) is 0 Å². The number of pyridine rings is 1. The second-order valence-corrected chi connectivity index (χ2v) is 9.67. The van der Waals surface area contributed by atoms with E-state index < -0.39 is 53.0 Å². The molecule has 0 aliphatic carbocycles. The average molecular weight is 609 g/mol. The quantitative estimate of drug-likeness (QED) is 0.484. The zero-order valence-electron chi connectivity index (χ0n) is 21.8. The summed E-state index contributed by atoms with van der Waals surface area (Å²) in [6.07, 6.45) is -7.48. The lowest BCUT2D eigenvalue weighted by Gasteiger charge is -2.45. The third kappa shape index (κ3) is 7.03. The first-order valence-corrected chi connectivity index (χ1v) is 12.4. The average Bonchev–Trinajstić information content (AvgIpc) is 2.91. The number of ether oxygens (including phenoxy) is 1. The number of carbonyl (C=O) groups excluding carboxylic acids is 3. The monoisotopic (exact) mass is 608 g/mol. The predicted octanol–water partition coefficient (Wildman–Crippen LogP) is 4.29. The molecule has 8 nitrogen and oxygen atoms in total. The van der Waals surface area contributed by atoms with Gasteiger partial charge in [0, 0.05) is 52.0 Å². The van der Waals surface area contributed by atoms with Crippen molar-refractivity contribution >= 4 is 30.1 Å². The van der Waals surface area contributed by atoms with Gasteiger partial charge >= 0.3 is 12.4 Å². The van der Waals surface area contributed by atoms with Crippen LogP contribution in [-0.2, 0) is 21.9 Å². The molecule has 2 aliphatic heterocycles. The number of aromatic nitrogens is 1. The second kappa shape index (κ2) is 12.1. The summed E-state index contributed by atoms with van der Waals surface area (Å²) in [5, 5.41) is 0. The van der Waals surface area contributed by atoms with Crippen LogP contribution in [0.4, 0.5) is 26.3 Å². The first-order valence-electron chi connectivity index (χ1n) is 12.4. The number of amides is 3. The fourth-order valence-electron chi connectivity index (χ4n) is 4.93. The van der Waals surface area contributed by atoms with Crippen LogP contribution in [0.25, 0.3) is 0 Å². The van der Waals surface area contributed by atoms with Gasteiger partial charge < -0.3 is 19.4 Å². The van der Waals surface area contributed by atoms with Crippen LogP contribution in [-0.4, -0.2) is 82.3 Å². The van der Waals surface area contributed by atoms with Gasteiger partial charge in [-0.15, -0.1) is 12.4 Å². The Bertz CT molecular complexity index is 1270. The first kappa shape index (κ1) is 32.0. The Hall–Kier alpha value is -3.55. The zero-order chi connectivity index (χ0) is 29.3. The van der Waals surface area contributed by atoms with Gasteiger partial charge in [0.05, 0.1) is 23.2 Å². The number of hydrogen-bond donors (Lipinski definition) is 0. The highest BCUT2D eigenvalue weighted by Crippen LogP contribution is 2.36. The van der Waals surface area contributed by atoms with E-state index >= 15 is 0 Å². The molecular formula is C26H27ClF6N4O4. The van der Waals surface area contributed by atoms with Crippen molar-refractivity contribution in [2.24, 2.45) is 0 Å². The molecule has 2 aromatic rings. The maximum Gasteiger partial charge on any atom is 0.417 e. The molecule has 1 aromatic heterocycles. The van der Waals surface area contributed by atoms with Crippen LogP contribution < -0.4 is 4.74 Å². The second-order valence-electron chi connectivity index (χ2n) is 9.67. The van der Waals surface area contributed by atoms with Crippen molar-refractivity contribution in [2.45, 2.75) is 37.7 Å². The number of nitrogens with zero attached hydrogens (tertiary/aromatic N) is 4. The molecule has 1 aromatic carbocycles. The van der Waals surface area contributed by atoms with Crippen LogP contribution in [0.15, 0.2) is 42.7 Å². The van der Waals surface area contributed by atoms with E-state index in [0.29, 0.717) is 6.07 Å². The van der Waals surface area contributed by atoms with Gasteiger partial charge in [0.2, 0.25) is 11.5 Å². The van der Waals surface area contributed by atoms with Gasteiger partial charge in [-0.2, -0.15) is 26.3 Å². The molecule has 4 rings (SSSR count). The number of piperidine rings is 1. The molecule has 2 fully saturated rings. The van der Waals surface area contributed by atoms with E-state index in [1.165, 1.54) is 11.8 Å². The Morgan fingerprint density at radius 1 is 0.854 bits per heavy atom. The molecular weight excluding hydrogens is 582 g/mol. The molecule has 2 aliphatic rings. The summed E-state index contributed by atoms with van der Waals surface area (Å²) in [6.45, 7) is 1.75. The highest BCUT2D eigenvalue weighted by molar-refractivity contribution is 5.96. The van der Waals surface area contributed by atoms with E-state index in [1.807, 2.05) is 0 Å². The minimum atomic E-state index is -4.83. The molecule has 0 bridgehead atoms. The van der Waals surface area contributed by atoms with Gasteiger partial charge in [0.25, 0.3) is 11.8 Å². The fraction of sp³-hybridized carbons (Fsp3) is 0.462. The van der Waals surface area contributed by atoms with Crippen LogP contribution in [0.1, 0.15) is 41.3 Å². The molecule has 0 spiro atoms. The number of piperazine rings is 1. The molecule has 15 heteroatoms. The Balaban J connectivity index is 0.00000462. The van der Waals surface area contributed by atoms with Crippen molar-refractivity contribution < 1.29 is 45.5 Å². The molecule has 0 radical (unpaired) electrons. The van der Waals surface area contributed by atoms with Crippen molar-refractivity contribution in [3.8, 4) is 5.75 Å². The molecule has 224 valence electrons. The topological polar surface area (TPSA) is 83.1 Å². The van der Waals surface area contributed by atoms with E-state index in [9.17, 15) is 40.7 Å².